The molecule has 0 aromatic heterocycles. The van der Waals surface area contributed by atoms with E-state index in [2.05, 4.69) is 0 Å². The second-order valence-corrected chi connectivity index (χ2v) is 4.63. The van der Waals surface area contributed by atoms with Crippen LogP contribution in [0.1, 0.15) is 18.1 Å². The standard InChI is InChI=1S/C13H15F3N2O3/c1-12(11(20)21,13(14,15)16)18-10(19)6-8-4-2-3-5-9(8)7-17/h2-5H,6-7,17H2,1H3,(H,18,19)(H,20,21). The van der Waals surface area contributed by atoms with Gasteiger partial charge in [-0.1, -0.05) is 24.3 Å². The molecule has 1 unspecified atom stereocenters. The molecule has 0 saturated carbocycles. The quantitative estimate of drug-likeness (QED) is 0.762. The summed E-state index contributed by atoms with van der Waals surface area (Å²) in [6.07, 6.45) is -5.49. The zero-order chi connectivity index (χ0) is 16.3. The number of nitrogens with two attached hydrogens (primary N) is 1. The minimum absolute atomic E-state index is 0.124. The maximum absolute atomic E-state index is 12.8. The number of hydrogen-bond donors (Lipinski definition) is 3. The van der Waals surface area contributed by atoms with Crippen LogP contribution in [-0.4, -0.2) is 28.7 Å². The average molecular weight is 304 g/mol. The van der Waals surface area contributed by atoms with E-state index in [1.165, 1.54) is 5.32 Å². The van der Waals surface area contributed by atoms with Crippen molar-refractivity contribution in [3.05, 3.63) is 35.4 Å². The Labute approximate surface area is 118 Å². The van der Waals surface area contributed by atoms with Crippen LogP contribution in [0, 0.1) is 0 Å². The van der Waals surface area contributed by atoms with E-state index in [1.54, 1.807) is 24.3 Å². The highest BCUT2D eigenvalue weighted by molar-refractivity contribution is 5.88. The number of benzene rings is 1. The third kappa shape index (κ3) is 3.72. The van der Waals surface area contributed by atoms with E-state index in [0.29, 0.717) is 18.1 Å². The molecule has 8 heteroatoms. The minimum atomic E-state index is -5.11. The van der Waals surface area contributed by atoms with Gasteiger partial charge in [-0.05, 0) is 18.1 Å². The second-order valence-electron chi connectivity index (χ2n) is 4.63. The Balaban J connectivity index is 2.92. The molecular formula is C13H15F3N2O3. The molecule has 1 aromatic rings. The number of carboxylic acid groups (broad SMARTS) is 1. The summed E-state index contributed by atoms with van der Waals surface area (Å²) in [5.74, 6) is -3.21. The van der Waals surface area contributed by atoms with Crippen LogP contribution in [-0.2, 0) is 22.6 Å². The van der Waals surface area contributed by atoms with Crippen molar-refractivity contribution in [1.29, 1.82) is 0 Å². The van der Waals surface area contributed by atoms with E-state index in [1.807, 2.05) is 0 Å². The van der Waals surface area contributed by atoms with Crippen molar-refractivity contribution in [3.63, 3.8) is 0 Å². The first-order valence-electron chi connectivity index (χ1n) is 6.00. The largest absolute Gasteiger partial charge is 0.479 e. The van der Waals surface area contributed by atoms with Gasteiger partial charge in [-0.25, -0.2) is 4.79 Å². The summed E-state index contributed by atoms with van der Waals surface area (Å²) < 4.78 is 38.4. The van der Waals surface area contributed by atoms with Crippen molar-refractivity contribution in [3.8, 4) is 0 Å². The van der Waals surface area contributed by atoms with Crippen LogP contribution < -0.4 is 11.1 Å². The Bertz CT molecular complexity index is 546. The number of amides is 1. The summed E-state index contributed by atoms with van der Waals surface area (Å²) in [6, 6.07) is 6.48. The molecule has 0 radical (unpaired) electrons. The van der Waals surface area contributed by atoms with Gasteiger partial charge in [0.2, 0.25) is 11.4 Å². The lowest BCUT2D eigenvalue weighted by molar-refractivity contribution is -0.206. The Morgan fingerprint density at radius 1 is 1.24 bits per heavy atom. The number of carbonyl (C=O) groups excluding carboxylic acids is 1. The van der Waals surface area contributed by atoms with Gasteiger partial charge in [0.25, 0.3) is 0 Å². The molecule has 21 heavy (non-hydrogen) atoms. The van der Waals surface area contributed by atoms with Gasteiger partial charge < -0.3 is 16.2 Å². The summed E-state index contributed by atoms with van der Waals surface area (Å²) >= 11 is 0. The van der Waals surface area contributed by atoms with Crippen LogP contribution in [0.25, 0.3) is 0 Å². The van der Waals surface area contributed by atoms with Gasteiger partial charge >= 0.3 is 12.1 Å². The topological polar surface area (TPSA) is 92.4 Å². The third-order valence-electron chi connectivity index (χ3n) is 3.07. The first-order valence-corrected chi connectivity index (χ1v) is 6.00. The molecule has 5 nitrogen and oxygen atoms in total. The lowest BCUT2D eigenvalue weighted by Crippen LogP contribution is -2.62. The van der Waals surface area contributed by atoms with E-state index in [9.17, 15) is 22.8 Å². The molecule has 0 saturated heterocycles. The monoisotopic (exact) mass is 304 g/mol. The predicted molar refractivity (Wildman–Crippen MR) is 68.3 cm³/mol. The SMILES string of the molecule is CC(NC(=O)Cc1ccccc1CN)(C(=O)O)C(F)(F)F. The third-order valence-corrected chi connectivity index (χ3v) is 3.07. The molecule has 0 heterocycles. The van der Waals surface area contributed by atoms with Crippen LogP contribution in [0.4, 0.5) is 13.2 Å². The molecule has 0 spiro atoms. The van der Waals surface area contributed by atoms with E-state index in [-0.39, 0.29) is 13.0 Å². The Kier molecular flexibility index (Phi) is 4.95. The van der Waals surface area contributed by atoms with Crippen LogP contribution in [0.2, 0.25) is 0 Å². The summed E-state index contributed by atoms with van der Waals surface area (Å²) in [5, 5.41) is 10.3. The number of rotatable bonds is 5. The van der Waals surface area contributed by atoms with Gasteiger partial charge in [0.05, 0.1) is 6.42 Å². The zero-order valence-corrected chi connectivity index (χ0v) is 11.2. The van der Waals surface area contributed by atoms with Crippen LogP contribution in [0.3, 0.4) is 0 Å². The minimum Gasteiger partial charge on any atom is -0.479 e. The number of alkyl halides is 3. The first-order chi connectivity index (χ1) is 9.61. The molecule has 0 aliphatic carbocycles. The summed E-state index contributed by atoms with van der Waals surface area (Å²) in [7, 11) is 0. The molecule has 0 fully saturated rings. The lowest BCUT2D eigenvalue weighted by Gasteiger charge is -2.28. The van der Waals surface area contributed by atoms with Crippen molar-refractivity contribution in [2.45, 2.75) is 31.6 Å². The Morgan fingerprint density at radius 2 is 1.76 bits per heavy atom. The summed E-state index contributed by atoms with van der Waals surface area (Å²) in [4.78, 5) is 22.6. The van der Waals surface area contributed by atoms with Crippen molar-refractivity contribution in [2.24, 2.45) is 5.73 Å². The molecular weight excluding hydrogens is 289 g/mol. The maximum atomic E-state index is 12.8. The maximum Gasteiger partial charge on any atom is 0.422 e. The highest BCUT2D eigenvalue weighted by Crippen LogP contribution is 2.30. The number of aliphatic carboxylic acids is 1. The Morgan fingerprint density at radius 3 is 2.19 bits per heavy atom. The number of nitrogens with one attached hydrogen (secondary N) is 1. The van der Waals surface area contributed by atoms with Gasteiger partial charge in [0.1, 0.15) is 0 Å². The fourth-order valence-electron chi connectivity index (χ4n) is 1.67. The van der Waals surface area contributed by atoms with Crippen molar-refractivity contribution >= 4 is 11.9 Å². The smallest absolute Gasteiger partial charge is 0.422 e. The highest BCUT2D eigenvalue weighted by Gasteiger charge is 2.58. The van der Waals surface area contributed by atoms with Crippen molar-refractivity contribution < 1.29 is 27.9 Å². The highest BCUT2D eigenvalue weighted by atomic mass is 19.4. The number of carbonyl (C=O) groups is 2. The van der Waals surface area contributed by atoms with Gasteiger partial charge in [-0.3, -0.25) is 4.79 Å². The summed E-state index contributed by atoms with van der Waals surface area (Å²) in [5.41, 5.74) is 3.19. The van der Waals surface area contributed by atoms with E-state index >= 15 is 0 Å². The lowest BCUT2D eigenvalue weighted by atomic mass is 10.00. The van der Waals surface area contributed by atoms with Gasteiger partial charge in [-0.2, -0.15) is 13.2 Å². The molecule has 0 aliphatic heterocycles. The van der Waals surface area contributed by atoms with Gasteiger partial charge in [-0.15, -0.1) is 0 Å². The molecule has 4 N–H and O–H groups in total. The summed E-state index contributed by atoms with van der Waals surface area (Å²) in [6.45, 7) is 0.529. The van der Waals surface area contributed by atoms with Crippen molar-refractivity contribution in [2.75, 3.05) is 0 Å². The van der Waals surface area contributed by atoms with E-state index in [4.69, 9.17) is 10.8 Å². The van der Waals surface area contributed by atoms with Crippen LogP contribution in [0.15, 0.2) is 24.3 Å². The zero-order valence-electron chi connectivity index (χ0n) is 11.2. The Hall–Kier alpha value is -2.09. The van der Waals surface area contributed by atoms with E-state index < -0.39 is 23.6 Å². The average Bonchev–Trinajstić information content (AvgIpc) is 2.37. The van der Waals surface area contributed by atoms with Crippen LogP contribution in [0.5, 0.6) is 0 Å². The van der Waals surface area contributed by atoms with E-state index in [0.717, 1.165) is 0 Å². The molecule has 1 aromatic carbocycles. The van der Waals surface area contributed by atoms with Crippen LogP contribution >= 0.6 is 0 Å². The molecule has 1 atom stereocenters. The molecule has 1 rings (SSSR count). The second kappa shape index (κ2) is 6.13. The predicted octanol–water partition coefficient (Wildman–Crippen LogP) is 1.21. The molecule has 0 aliphatic rings. The van der Waals surface area contributed by atoms with Crippen molar-refractivity contribution in [1.82, 2.24) is 5.32 Å². The molecule has 0 bridgehead atoms. The van der Waals surface area contributed by atoms with Gasteiger partial charge in [0, 0.05) is 6.54 Å². The molecule has 1 amide bonds. The molecule has 116 valence electrons. The first kappa shape index (κ1) is 17.0. The number of carboxylic acids is 1. The number of halogens is 3. The normalized spacial score (nSPS) is 14.3. The fourth-order valence-corrected chi connectivity index (χ4v) is 1.67. The van der Waals surface area contributed by atoms with Gasteiger partial charge in [0.15, 0.2) is 0 Å². The number of hydrogen-bond acceptors (Lipinski definition) is 3. The fraction of sp³-hybridized carbons (Fsp3) is 0.385.